The lowest BCUT2D eigenvalue weighted by atomic mass is 10.1. The van der Waals surface area contributed by atoms with Gasteiger partial charge in [-0.1, -0.05) is 5.16 Å². The average molecular weight is 301 g/mol. The molecule has 1 aliphatic rings. The van der Waals surface area contributed by atoms with Crippen LogP contribution in [0.15, 0.2) is 34.9 Å². The van der Waals surface area contributed by atoms with E-state index < -0.39 is 5.97 Å². The molecule has 22 heavy (non-hydrogen) atoms. The average Bonchev–Trinajstić information content (AvgIpc) is 2.98. The number of aromatic carboxylic acids is 1. The zero-order chi connectivity index (χ0) is 15.7. The Morgan fingerprint density at radius 2 is 2.00 bits per heavy atom. The van der Waals surface area contributed by atoms with Crippen LogP contribution in [0.5, 0.6) is 0 Å². The number of anilines is 1. The van der Waals surface area contributed by atoms with Gasteiger partial charge in [0.25, 0.3) is 0 Å². The number of rotatable bonds is 3. The van der Waals surface area contributed by atoms with Crippen molar-refractivity contribution in [2.45, 2.75) is 0 Å². The van der Waals surface area contributed by atoms with Gasteiger partial charge in [-0.15, -0.1) is 0 Å². The third-order valence-electron chi connectivity index (χ3n) is 3.60. The van der Waals surface area contributed by atoms with Crippen molar-refractivity contribution in [2.24, 2.45) is 0 Å². The summed E-state index contributed by atoms with van der Waals surface area (Å²) in [5.41, 5.74) is 1.40. The Morgan fingerprint density at radius 1 is 1.27 bits per heavy atom. The van der Waals surface area contributed by atoms with Gasteiger partial charge in [-0.2, -0.15) is 0 Å². The van der Waals surface area contributed by atoms with E-state index >= 15 is 0 Å². The third-order valence-corrected chi connectivity index (χ3v) is 3.60. The van der Waals surface area contributed by atoms with E-state index in [0.29, 0.717) is 24.4 Å². The molecule has 0 unspecified atom stereocenters. The van der Waals surface area contributed by atoms with E-state index in [1.165, 1.54) is 6.07 Å². The number of carboxylic acids is 1. The number of carbonyl (C=O) groups excluding carboxylic acids is 1. The molecule has 7 heteroatoms. The topological polar surface area (TPSA) is 86.9 Å². The van der Waals surface area contributed by atoms with Crippen LogP contribution in [-0.4, -0.2) is 53.7 Å². The van der Waals surface area contributed by atoms with Crippen LogP contribution in [0, 0.1) is 0 Å². The first kappa shape index (κ1) is 14.3. The van der Waals surface area contributed by atoms with E-state index in [0.717, 1.165) is 12.2 Å². The molecule has 7 nitrogen and oxygen atoms in total. The van der Waals surface area contributed by atoms with Gasteiger partial charge in [0.1, 0.15) is 0 Å². The number of amides is 1. The summed E-state index contributed by atoms with van der Waals surface area (Å²) in [4.78, 5) is 26.6. The normalized spacial score (nSPS) is 16.0. The van der Waals surface area contributed by atoms with Crippen LogP contribution in [0.1, 0.15) is 10.5 Å². The molecule has 114 valence electrons. The first-order valence-electron chi connectivity index (χ1n) is 6.84. The summed E-state index contributed by atoms with van der Waals surface area (Å²) >= 11 is 0. The quantitative estimate of drug-likeness (QED) is 0.920. The van der Waals surface area contributed by atoms with Gasteiger partial charge < -0.3 is 14.5 Å². The second-order valence-electron chi connectivity index (χ2n) is 5.21. The zero-order valence-corrected chi connectivity index (χ0v) is 12.0. The van der Waals surface area contributed by atoms with Crippen LogP contribution in [-0.2, 0) is 4.79 Å². The maximum absolute atomic E-state index is 12.0. The van der Waals surface area contributed by atoms with Gasteiger partial charge in [0.05, 0.1) is 6.54 Å². The Balaban J connectivity index is 1.80. The number of carboxylic acid groups (broad SMARTS) is 1. The highest BCUT2D eigenvalue weighted by Gasteiger charge is 2.22. The number of piperazine rings is 1. The molecule has 0 saturated carbocycles. The summed E-state index contributed by atoms with van der Waals surface area (Å²) in [7, 11) is 1.92. The smallest absolute Gasteiger partial charge is 0.358 e. The molecule has 1 aromatic heterocycles. The van der Waals surface area contributed by atoms with Gasteiger partial charge in [-0.3, -0.25) is 9.69 Å². The number of hydrogen-bond donors (Lipinski definition) is 1. The summed E-state index contributed by atoms with van der Waals surface area (Å²) < 4.78 is 5.01. The van der Waals surface area contributed by atoms with E-state index in [-0.39, 0.29) is 11.6 Å². The fourth-order valence-corrected chi connectivity index (χ4v) is 2.38. The van der Waals surface area contributed by atoms with E-state index in [4.69, 9.17) is 9.63 Å². The van der Waals surface area contributed by atoms with Crippen molar-refractivity contribution in [1.82, 2.24) is 10.1 Å². The van der Waals surface area contributed by atoms with Crippen molar-refractivity contribution < 1.29 is 19.2 Å². The first-order valence-corrected chi connectivity index (χ1v) is 6.84. The Kier molecular flexibility index (Phi) is 3.64. The Morgan fingerprint density at radius 3 is 2.59 bits per heavy atom. The number of hydrogen-bond acceptors (Lipinski definition) is 5. The molecule has 0 radical (unpaired) electrons. The van der Waals surface area contributed by atoms with Crippen molar-refractivity contribution >= 4 is 17.6 Å². The maximum atomic E-state index is 12.0. The van der Waals surface area contributed by atoms with Crippen molar-refractivity contribution in [3.63, 3.8) is 0 Å². The largest absolute Gasteiger partial charge is 0.476 e. The van der Waals surface area contributed by atoms with Crippen LogP contribution >= 0.6 is 0 Å². The fourth-order valence-electron chi connectivity index (χ4n) is 2.38. The molecule has 1 aromatic carbocycles. The lowest BCUT2D eigenvalue weighted by Crippen LogP contribution is -2.48. The maximum Gasteiger partial charge on any atom is 0.358 e. The number of nitrogens with zero attached hydrogens (tertiary/aromatic N) is 3. The number of aromatic nitrogens is 1. The fraction of sp³-hybridized carbons (Fsp3) is 0.267. The first-order chi connectivity index (χ1) is 10.5. The van der Waals surface area contributed by atoms with Crippen molar-refractivity contribution in [2.75, 3.05) is 31.6 Å². The van der Waals surface area contributed by atoms with Gasteiger partial charge in [0.2, 0.25) is 5.91 Å². The second kappa shape index (κ2) is 5.61. The predicted octanol–water partition coefficient (Wildman–Crippen LogP) is 1.32. The van der Waals surface area contributed by atoms with E-state index in [1.807, 2.05) is 24.1 Å². The Bertz CT molecular complexity index is 708. The summed E-state index contributed by atoms with van der Waals surface area (Å²) in [6.45, 7) is 1.89. The van der Waals surface area contributed by atoms with Gasteiger partial charge in [0, 0.05) is 30.4 Å². The van der Waals surface area contributed by atoms with Crippen LogP contribution in [0.2, 0.25) is 0 Å². The Hall–Kier alpha value is -2.67. The second-order valence-corrected chi connectivity index (χ2v) is 5.21. The third kappa shape index (κ3) is 2.71. The highest BCUT2D eigenvalue weighted by molar-refractivity contribution is 5.95. The minimum Gasteiger partial charge on any atom is -0.476 e. The predicted molar refractivity (Wildman–Crippen MR) is 78.7 cm³/mol. The molecule has 0 bridgehead atoms. The van der Waals surface area contributed by atoms with Crippen LogP contribution in [0.25, 0.3) is 11.3 Å². The summed E-state index contributed by atoms with van der Waals surface area (Å²) in [5.74, 6) is -0.683. The van der Waals surface area contributed by atoms with Crippen molar-refractivity contribution in [3.8, 4) is 11.3 Å². The van der Waals surface area contributed by atoms with Crippen molar-refractivity contribution in [1.29, 1.82) is 0 Å². The highest BCUT2D eigenvalue weighted by Crippen LogP contribution is 2.24. The van der Waals surface area contributed by atoms with Gasteiger partial charge in [-0.05, 0) is 31.3 Å². The molecule has 0 spiro atoms. The molecule has 3 rings (SSSR count). The minimum absolute atomic E-state index is 0.0642. The highest BCUT2D eigenvalue weighted by atomic mass is 16.5. The van der Waals surface area contributed by atoms with Crippen LogP contribution in [0.3, 0.4) is 0 Å². The molecule has 1 fully saturated rings. The van der Waals surface area contributed by atoms with Crippen molar-refractivity contribution in [3.05, 3.63) is 36.0 Å². The van der Waals surface area contributed by atoms with Crippen LogP contribution in [0.4, 0.5) is 5.69 Å². The van der Waals surface area contributed by atoms with E-state index in [2.05, 4.69) is 5.16 Å². The molecule has 1 amide bonds. The van der Waals surface area contributed by atoms with Crippen LogP contribution < -0.4 is 4.90 Å². The molecular weight excluding hydrogens is 286 g/mol. The van der Waals surface area contributed by atoms with E-state index in [1.54, 1.807) is 17.0 Å². The molecule has 1 saturated heterocycles. The molecule has 1 aliphatic heterocycles. The van der Waals surface area contributed by atoms with Gasteiger partial charge in [-0.25, -0.2) is 4.79 Å². The zero-order valence-electron chi connectivity index (χ0n) is 12.0. The van der Waals surface area contributed by atoms with Gasteiger partial charge in [0.15, 0.2) is 11.5 Å². The standard InChI is InChI=1S/C15H15N3O4/c1-17-6-7-18(14(19)9-17)11-4-2-10(3-5-11)13-8-12(15(20)21)16-22-13/h2-5,8H,6-7,9H2,1H3,(H,20,21). The Labute approximate surface area is 126 Å². The SMILES string of the molecule is CN1CCN(c2ccc(-c3cc(C(=O)O)no3)cc2)C(=O)C1. The lowest BCUT2D eigenvalue weighted by Gasteiger charge is -2.32. The summed E-state index contributed by atoms with van der Waals surface area (Å²) in [6.07, 6.45) is 0. The number of benzene rings is 1. The molecule has 0 aliphatic carbocycles. The monoisotopic (exact) mass is 301 g/mol. The minimum atomic E-state index is -1.13. The molecular formula is C15H15N3O4. The van der Waals surface area contributed by atoms with Gasteiger partial charge >= 0.3 is 5.97 Å². The number of likely N-dealkylation sites (N-methyl/N-ethyl adjacent to an activating group) is 1. The summed E-state index contributed by atoms with van der Waals surface area (Å²) in [5, 5.41) is 12.3. The lowest BCUT2D eigenvalue weighted by molar-refractivity contribution is -0.120. The molecule has 2 aromatic rings. The molecule has 1 N–H and O–H groups in total. The number of carbonyl (C=O) groups is 2. The van der Waals surface area contributed by atoms with E-state index in [9.17, 15) is 9.59 Å². The molecule has 2 heterocycles. The molecule has 0 atom stereocenters. The summed E-state index contributed by atoms with van der Waals surface area (Å²) in [6, 6.07) is 8.58.